The lowest BCUT2D eigenvalue weighted by molar-refractivity contribution is -0.159. The van der Waals surface area contributed by atoms with Gasteiger partial charge in [-0.3, -0.25) is 24.3 Å². The van der Waals surface area contributed by atoms with E-state index in [1.165, 1.54) is 6.20 Å². The van der Waals surface area contributed by atoms with E-state index in [9.17, 15) is 29.5 Å². The molecule has 1 amide bonds. The number of carbonyl (C=O) groups is 2. The molecular formula is C18H21N3O9. The fourth-order valence-electron chi connectivity index (χ4n) is 2.56. The second-order valence-corrected chi connectivity index (χ2v) is 6.19. The number of methoxy groups -OCH3 is 1. The Labute approximate surface area is 169 Å². The van der Waals surface area contributed by atoms with Crippen molar-refractivity contribution in [3.05, 3.63) is 44.8 Å². The minimum absolute atomic E-state index is 0.0158. The Morgan fingerprint density at radius 2 is 2.17 bits per heavy atom. The third kappa shape index (κ3) is 5.88. The second kappa shape index (κ2) is 10.5. The van der Waals surface area contributed by atoms with Gasteiger partial charge in [0.1, 0.15) is 17.9 Å². The number of nitrogens with one attached hydrogen (secondary N) is 1. The maximum absolute atomic E-state index is 12.0. The van der Waals surface area contributed by atoms with Crippen LogP contribution in [0.15, 0.2) is 27.9 Å². The van der Waals surface area contributed by atoms with E-state index in [0.717, 1.165) is 23.8 Å². The van der Waals surface area contributed by atoms with Crippen LogP contribution < -0.4 is 11.2 Å². The molecule has 1 aromatic heterocycles. The van der Waals surface area contributed by atoms with Crippen LogP contribution >= 0.6 is 0 Å². The van der Waals surface area contributed by atoms with Crippen LogP contribution in [0.1, 0.15) is 24.6 Å². The number of carbonyl (C=O) groups excluding carboxylic acids is 2. The molecule has 30 heavy (non-hydrogen) atoms. The third-order valence-electron chi connectivity index (χ3n) is 4.15. The van der Waals surface area contributed by atoms with Crippen molar-refractivity contribution >= 4 is 11.9 Å². The number of rotatable bonds is 6. The first-order valence-corrected chi connectivity index (χ1v) is 8.82. The number of nitrogens with zero attached hydrogens (tertiary/aromatic N) is 2. The molecule has 1 aromatic rings. The van der Waals surface area contributed by atoms with Gasteiger partial charge in [0.2, 0.25) is 0 Å². The van der Waals surface area contributed by atoms with Crippen LogP contribution in [0.25, 0.3) is 0 Å². The van der Waals surface area contributed by atoms with E-state index in [1.807, 2.05) is 0 Å². The highest BCUT2D eigenvalue weighted by Gasteiger charge is 2.35. The lowest BCUT2D eigenvalue weighted by Crippen LogP contribution is -2.33. The van der Waals surface area contributed by atoms with Crippen LogP contribution in [0.4, 0.5) is 0 Å². The molecule has 0 radical (unpaired) electrons. The van der Waals surface area contributed by atoms with Gasteiger partial charge in [-0.25, -0.2) is 14.7 Å². The molecule has 1 fully saturated rings. The predicted octanol–water partition coefficient (Wildman–Crippen LogP) is -2.13. The Hall–Kier alpha value is -3.24. The molecule has 12 heteroatoms. The Morgan fingerprint density at radius 3 is 2.80 bits per heavy atom. The maximum Gasteiger partial charge on any atom is 0.330 e. The number of hydrogen-bond donors (Lipinski definition) is 4. The number of hydrogen-bond acceptors (Lipinski definition) is 9. The number of aromatic amines is 1. The molecule has 1 aliphatic heterocycles. The molecule has 0 spiro atoms. The van der Waals surface area contributed by atoms with Crippen molar-refractivity contribution in [3.8, 4) is 11.8 Å². The summed E-state index contributed by atoms with van der Waals surface area (Å²) in [5.41, 5.74) is -1.56. The molecule has 162 valence electrons. The zero-order valence-corrected chi connectivity index (χ0v) is 16.0. The van der Waals surface area contributed by atoms with Gasteiger partial charge in [-0.1, -0.05) is 11.8 Å². The minimum atomic E-state index is -0.963. The molecule has 0 saturated carbocycles. The lowest BCUT2D eigenvalue weighted by Gasteiger charge is -2.14. The van der Waals surface area contributed by atoms with Crippen LogP contribution in [-0.4, -0.2) is 74.4 Å². The fourth-order valence-corrected chi connectivity index (χ4v) is 2.56. The van der Waals surface area contributed by atoms with E-state index >= 15 is 0 Å². The Bertz CT molecular complexity index is 985. The number of esters is 1. The van der Waals surface area contributed by atoms with E-state index in [2.05, 4.69) is 21.6 Å². The van der Waals surface area contributed by atoms with Crippen molar-refractivity contribution < 1.29 is 34.5 Å². The third-order valence-corrected chi connectivity index (χ3v) is 4.15. The molecule has 0 bridgehead atoms. The van der Waals surface area contributed by atoms with Gasteiger partial charge in [-0.15, -0.1) is 0 Å². The summed E-state index contributed by atoms with van der Waals surface area (Å²) in [6.45, 7) is -0.626. The minimum Gasteiger partial charge on any atom is -0.466 e. The highest BCUT2D eigenvalue weighted by molar-refractivity contribution is 5.93. The SMILES string of the molecule is COC(=O)/C=C/C(=O)N(O)CCC#Cc1cn(C2C[C@H](O)C(CO)O2)c(=O)[nH]c1=O. The molecule has 1 saturated heterocycles. The van der Waals surface area contributed by atoms with Gasteiger partial charge in [0.15, 0.2) is 0 Å². The first kappa shape index (κ1) is 23.0. The van der Waals surface area contributed by atoms with E-state index in [-0.39, 0.29) is 24.9 Å². The molecule has 0 aliphatic carbocycles. The van der Waals surface area contributed by atoms with Gasteiger partial charge in [0, 0.05) is 31.2 Å². The molecule has 2 heterocycles. The van der Waals surface area contributed by atoms with Gasteiger partial charge in [-0.05, 0) is 0 Å². The number of ether oxygens (including phenoxy) is 2. The summed E-state index contributed by atoms with van der Waals surface area (Å²) in [6, 6.07) is 0. The zero-order chi connectivity index (χ0) is 22.3. The van der Waals surface area contributed by atoms with E-state index in [1.54, 1.807) is 0 Å². The van der Waals surface area contributed by atoms with Crippen molar-refractivity contribution in [2.24, 2.45) is 0 Å². The lowest BCUT2D eigenvalue weighted by atomic mass is 10.2. The molecule has 4 N–H and O–H groups in total. The summed E-state index contributed by atoms with van der Waals surface area (Å²) >= 11 is 0. The first-order chi connectivity index (χ1) is 14.3. The topological polar surface area (TPSA) is 171 Å². The summed E-state index contributed by atoms with van der Waals surface area (Å²) in [4.78, 5) is 48.5. The van der Waals surface area contributed by atoms with Crippen LogP contribution in [-0.2, 0) is 19.1 Å². The summed E-state index contributed by atoms with van der Waals surface area (Å²) in [5, 5.41) is 28.9. The molecule has 1 aliphatic rings. The smallest absolute Gasteiger partial charge is 0.330 e. The van der Waals surface area contributed by atoms with Gasteiger partial charge < -0.3 is 19.7 Å². The molecule has 2 rings (SSSR count). The van der Waals surface area contributed by atoms with Crippen molar-refractivity contribution in [1.82, 2.24) is 14.6 Å². The summed E-state index contributed by atoms with van der Waals surface area (Å²) in [7, 11) is 1.14. The molecule has 2 unspecified atom stereocenters. The number of H-pyrrole nitrogens is 1. The van der Waals surface area contributed by atoms with Crippen LogP contribution in [0, 0.1) is 11.8 Å². The average Bonchev–Trinajstić information content (AvgIpc) is 3.10. The Kier molecular flexibility index (Phi) is 8.07. The van der Waals surface area contributed by atoms with Gasteiger partial charge >= 0.3 is 11.7 Å². The maximum atomic E-state index is 12.0. The fraction of sp³-hybridized carbons (Fsp3) is 0.444. The molecule has 0 aromatic carbocycles. The van der Waals surface area contributed by atoms with Gasteiger partial charge in [0.05, 0.1) is 26.4 Å². The van der Waals surface area contributed by atoms with Crippen LogP contribution in [0.3, 0.4) is 0 Å². The molecular weight excluding hydrogens is 402 g/mol. The second-order valence-electron chi connectivity index (χ2n) is 6.19. The van der Waals surface area contributed by atoms with Gasteiger partial charge in [0.25, 0.3) is 11.5 Å². The van der Waals surface area contributed by atoms with Crippen molar-refractivity contribution in [2.45, 2.75) is 31.3 Å². The largest absolute Gasteiger partial charge is 0.466 e. The number of aliphatic hydroxyl groups is 2. The van der Waals surface area contributed by atoms with Crippen LogP contribution in [0.5, 0.6) is 0 Å². The highest BCUT2D eigenvalue weighted by Crippen LogP contribution is 2.27. The zero-order valence-electron chi connectivity index (χ0n) is 16.0. The average molecular weight is 423 g/mol. The Morgan fingerprint density at radius 1 is 1.43 bits per heavy atom. The number of hydroxylamine groups is 2. The summed E-state index contributed by atoms with van der Waals surface area (Å²) < 4.78 is 10.8. The summed E-state index contributed by atoms with van der Waals surface area (Å²) in [5.74, 6) is 3.51. The quantitative estimate of drug-likeness (QED) is 0.131. The van der Waals surface area contributed by atoms with Crippen molar-refractivity contribution in [3.63, 3.8) is 0 Å². The van der Waals surface area contributed by atoms with E-state index < -0.39 is 48.2 Å². The van der Waals surface area contributed by atoms with E-state index in [4.69, 9.17) is 9.84 Å². The number of amides is 1. The number of aliphatic hydroxyl groups excluding tert-OH is 2. The molecule has 3 atom stereocenters. The predicted molar refractivity (Wildman–Crippen MR) is 99.1 cm³/mol. The standard InChI is InChI=1S/C18H21N3O9/c1-29-16(25)6-5-14(24)21(28)7-3-2-4-11-9-20(18(27)19-17(11)26)15-8-12(23)13(10-22)30-15/h5-6,9,12-13,15,22-23,28H,3,7-8,10H2,1H3,(H,19,26,27)/b6-5+/t12-,13?,15?/m0/s1. The first-order valence-electron chi connectivity index (χ1n) is 8.82. The van der Waals surface area contributed by atoms with Crippen molar-refractivity contribution in [2.75, 3.05) is 20.3 Å². The normalized spacial score (nSPS) is 20.6. The highest BCUT2D eigenvalue weighted by atomic mass is 16.5. The molecule has 12 nitrogen and oxygen atoms in total. The van der Waals surface area contributed by atoms with E-state index in [0.29, 0.717) is 5.06 Å². The Balaban J connectivity index is 2.04. The monoisotopic (exact) mass is 423 g/mol. The van der Waals surface area contributed by atoms with Gasteiger partial charge in [-0.2, -0.15) is 0 Å². The number of aromatic nitrogens is 2. The summed E-state index contributed by atoms with van der Waals surface area (Å²) in [6.07, 6.45) is 0.196. The van der Waals surface area contributed by atoms with Crippen LogP contribution in [0.2, 0.25) is 0 Å². The van der Waals surface area contributed by atoms with Crippen molar-refractivity contribution in [1.29, 1.82) is 0 Å².